The van der Waals surface area contributed by atoms with E-state index in [1.54, 1.807) is 11.0 Å². The number of rotatable bonds is 1. The molecule has 0 spiro atoms. The Bertz CT molecular complexity index is 364. The Morgan fingerprint density at radius 1 is 1.33 bits per heavy atom. The summed E-state index contributed by atoms with van der Waals surface area (Å²) in [6, 6.07) is 10.5. The number of benzene rings is 1. The molecule has 0 aliphatic carbocycles. The Morgan fingerprint density at radius 2 is 2.08 bits per heavy atom. The maximum absolute atomic E-state index is 4.17. The van der Waals surface area contributed by atoms with Gasteiger partial charge in [0.05, 0.1) is 17.6 Å². The number of aryl methyl sites for hydroxylation is 1. The van der Waals surface area contributed by atoms with Crippen molar-refractivity contribution in [3.63, 3.8) is 0 Å². The average molecular weight is 158 g/mol. The van der Waals surface area contributed by atoms with Crippen LogP contribution >= 0.6 is 0 Å². The topological polar surface area (TPSA) is 30.7 Å². The van der Waals surface area contributed by atoms with Crippen LogP contribution in [0.5, 0.6) is 0 Å². The van der Waals surface area contributed by atoms with Gasteiger partial charge in [-0.15, -0.1) is 0 Å². The van der Waals surface area contributed by atoms with E-state index in [-0.39, 0.29) is 0 Å². The minimum atomic E-state index is 0.919. The smallest absolute Gasteiger partial charge is 0.0857 e. The van der Waals surface area contributed by atoms with Crippen molar-refractivity contribution in [3.05, 3.63) is 42.2 Å². The van der Waals surface area contributed by atoms with Gasteiger partial charge in [0, 0.05) is 0 Å². The lowest BCUT2D eigenvalue weighted by molar-refractivity contribution is 0.746. The Labute approximate surface area is 70.6 Å². The molecule has 0 unspecified atom stereocenters. The van der Waals surface area contributed by atoms with Gasteiger partial charge in [-0.2, -0.15) is 15.0 Å². The quantitative estimate of drug-likeness (QED) is 0.627. The van der Waals surface area contributed by atoms with Crippen LogP contribution in [0.3, 0.4) is 0 Å². The molecule has 1 radical (unpaired) electrons. The van der Waals surface area contributed by atoms with Crippen LogP contribution in [0, 0.1) is 13.0 Å². The first kappa shape index (κ1) is 7.03. The molecule has 59 valence electrons. The molecule has 0 saturated carbocycles. The van der Waals surface area contributed by atoms with Crippen LogP contribution in [-0.2, 0) is 0 Å². The molecule has 0 bridgehead atoms. The Balaban J connectivity index is 2.45. The fourth-order valence-corrected chi connectivity index (χ4v) is 0.975. The zero-order valence-electron chi connectivity index (χ0n) is 6.73. The third-order valence-corrected chi connectivity index (χ3v) is 1.54. The van der Waals surface area contributed by atoms with E-state index < -0.39 is 0 Å². The van der Waals surface area contributed by atoms with E-state index in [1.807, 2.05) is 31.2 Å². The van der Waals surface area contributed by atoms with Crippen molar-refractivity contribution in [1.29, 1.82) is 0 Å². The molecule has 0 N–H and O–H groups in total. The summed E-state index contributed by atoms with van der Waals surface area (Å²) in [5, 5.41) is 8.25. The Morgan fingerprint density at radius 3 is 2.67 bits per heavy atom. The molecule has 0 amide bonds. The van der Waals surface area contributed by atoms with Crippen molar-refractivity contribution >= 4 is 0 Å². The van der Waals surface area contributed by atoms with Crippen LogP contribution in [0.1, 0.15) is 5.69 Å². The molecule has 0 aliphatic heterocycles. The molecule has 1 heterocycles. The van der Waals surface area contributed by atoms with Crippen molar-refractivity contribution in [1.82, 2.24) is 15.0 Å². The Hall–Kier alpha value is -1.64. The second kappa shape index (κ2) is 2.77. The van der Waals surface area contributed by atoms with Gasteiger partial charge in [0.1, 0.15) is 0 Å². The molecule has 12 heavy (non-hydrogen) atoms. The summed E-state index contributed by atoms with van der Waals surface area (Å²) >= 11 is 0. The van der Waals surface area contributed by atoms with Gasteiger partial charge in [0.15, 0.2) is 0 Å². The molecule has 3 nitrogen and oxygen atoms in total. The Kier molecular flexibility index (Phi) is 1.63. The van der Waals surface area contributed by atoms with Crippen LogP contribution in [0.15, 0.2) is 30.5 Å². The van der Waals surface area contributed by atoms with Crippen LogP contribution in [0.4, 0.5) is 0 Å². The largest absolute Gasteiger partial charge is 0.157 e. The average Bonchev–Trinajstić information content (AvgIpc) is 2.54. The SMILES string of the molecule is Cc1cnn(-c2cc[c]cc2)n1. The van der Waals surface area contributed by atoms with Crippen molar-refractivity contribution < 1.29 is 0 Å². The van der Waals surface area contributed by atoms with Gasteiger partial charge in [-0.25, -0.2) is 0 Å². The summed E-state index contributed by atoms with van der Waals surface area (Å²) in [6.45, 7) is 1.92. The van der Waals surface area contributed by atoms with Gasteiger partial charge in [-0.3, -0.25) is 0 Å². The first-order valence-corrected chi connectivity index (χ1v) is 3.72. The van der Waals surface area contributed by atoms with Crippen LogP contribution < -0.4 is 0 Å². The minimum absolute atomic E-state index is 0.919. The summed E-state index contributed by atoms with van der Waals surface area (Å²) in [4.78, 5) is 1.60. The van der Waals surface area contributed by atoms with Gasteiger partial charge >= 0.3 is 0 Å². The molecule has 2 aromatic rings. The van der Waals surface area contributed by atoms with Crippen LogP contribution in [-0.4, -0.2) is 15.0 Å². The highest BCUT2D eigenvalue weighted by Gasteiger charge is 1.96. The number of hydrogen-bond acceptors (Lipinski definition) is 2. The summed E-state index contributed by atoms with van der Waals surface area (Å²) in [6.07, 6.45) is 1.73. The van der Waals surface area contributed by atoms with Gasteiger partial charge in [0.2, 0.25) is 0 Å². The molecule has 2 rings (SSSR count). The minimum Gasteiger partial charge on any atom is -0.157 e. The molecule has 0 aliphatic rings. The second-order valence-electron chi connectivity index (χ2n) is 2.53. The maximum Gasteiger partial charge on any atom is 0.0857 e. The van der Waals surface area contributed by atoms with E-state index in [9.17, 15) is 0 Å². The van der Waals surface area contributed by atoms with E-state index in [2.05, 4.69) is 16.3 Å². The fourth-order valence-electron chi connectivity index (χ4n) is 0.975. The first-order chi connectivity index (χ1) is 5.86. The highest BCUT2D eigenvalue weighted by molar-refractivity contribution is 5.27. The third kappa shape index (κ3) is 1.21. The molecule has 0 fully saturated rings. The molecule has 1 aromatic heterocycles. The standard InChI is InChI=1S/C9H8N3/c1-8-7-10-12(11-8)9-5-3-2-4-6-9/h3-7H,1H3. The fraction of sp³-hybridized carbons (Fsp3) is 0.111. The number of aromatic nitrogens is 3. The lowest BCUT2D eigenvalue weighted by atomic mass is 10.3. The molecule has 3 heteroatoms. The van der Waals surface area contributed by atoms with Crippen LogP contribution in [0.2, 0.25) is 0 Å². The molecular formula is C9H8N3. The predicted octanol–water partition coefficient (Wildman–Crippen LogP) is 1.38. The highest BCUT2D eigenvalue weighted by atomic mass is 15.5. The summed E-state index contributed by atoms with van der Waals surface area (Å²) < 4.78 is 0. The molecule has 0 atom stereocenters. The number of hydrogen-bond donors (Lipinski definition) is 0. The zero-order chi connectivity index (χ0) is 8.39. The van der Waals surface area contributed by atoms with Gasteiger partial charge < -0.3 is 0 Å². The van der Waals surface area contributed by atoms with E-state index in [4.69, 9.17) is 0 Å². The van der Waals surface area contributed by atoms with Gasteiger partial charge in [-0.05, 0) is 25.1 Å². The summed E-state index contributed by atoms with van der Waals surface area (Å²) in [5.41, 5.74) is 1.88. The lowest BCUT2D eigenvalue weighted by Gasteiger charge is -1.95. The van der Waals surface area contributed by atoms with Crippen molar-refractivity contribution in [2.75, 3.05) is 0 Å². The lowest BCUT2D eigenvalue weighted by Crippen LogP contribution is -1.97. The van der Waals surface area contributed by atoms with E-state index >= 15 is 0 Å². The van der Waals surface area contributed by atoms with Crippen molar-refractivity contribution in [2.45, 2.75) is 6.92 Å². The van der Waals surface area contributed by atoms with Gasteiger partial charge in [-0.1, -0.05) is 12.1 Å². The zero-order valence-corrected chi connectivity index (χ0v) is 6.73. The number of nitrogens with zero attached hydrogens (tertiary/aromatic N) is 3. The van der Waals surface area contributed by atoms with E-state index in [0.717, 1.165) is 11.4 Å². The van der Waals surface area contributed by atoms with E-state index in [0.29, 0.717) is 0 Å². The molecular weight excluding hydrogens is 150 g/mol. The van der Waals surface area contributed by atoms with Gasteiger partial charge in [0.25, 0.3) is 0 Å². The third-order valence-electron chi connectivity index (χ3n) is 1.54. The summed E-state index contributed by atoms with van der Waals surface area (Å²) in [7, 11) is 0. The predicted molar refractivity (Wildman–Crippen MR) is 44.9 cm³/mol. The van der Waals surface area contributed by atoms with Crippen molar-refractivity contribution in [2.24, 2.45) is 0 Å². The van der Waals surface area contributed by atoms with Crippen molar-refractivity contribution in [3.8, 4) is 5.69 Å². The monoisotopic (exact) mass is 158 g/mol. The molecule has 1 aromatic carbocycles. The second-order valence-corrected chi connectivity index (χ2v) is 2.53. The normalized spacial score (nSPS) is 10.1. The van der Waals surface area contributed by atoms with Crippen LogP contribution in [0.25, 0.3) is 5.69 Å². The van der Waals surface area contributed by atoms with E-state index in [1.165, 1.54) is 0 Å². The first-order valence-electron chi connectivity index (χ1n) is 3.72. The maximum atomic E-state index is 4.17. The summed E-state index contributed by atoms with van der Waals surface area (Å²) in [5.74, 6) is 0. The highest BCUT2D eigenvalue weighted by Crippen LogP contribution is 2.02. The molecule has 0 saturated heterocycles.